The fourth-order valence-electron chi connectivity index (χ4n) is 3.09. The monoisotopic (exact) mass is 259 g/mol. The van der Waals surface area contributed by atoms with Crippen molar-refractivity contribution in [3.63, 3.8) is 0 Å². The summed E-state index contributed by atoms with van der Waals surface area (Å²) in [4.78, 5) is 12.8. The molecule has 1 fully saturated rings. The SMILES string of the molecule is CC(C)(C(=O)C1CCCCCC1)c1ccc(N)cc1. The molecule has 2 N–H and O–H groups in total. The molecule has 1 aliphatic carbocycles. The minimum absolute atomic E-state index is 0.245. The van der Waals surface area contributed by atoms with Gasteiger partial charge in [-0.1, -0.05) is 37.8 Å². The molecule has 0 spiro atoms. The number of nitrogens with two attached hydrogens (primary N) is 1. The van der Waals surface area contributed by atoms with E-state index in [-0.39, 0.29) is 5.92 Å². The number of Topliss-reactive ketones (excluding diaryl/α,β-unsaturated/α-hetero) is 1. The van der Waals surface area contributed by atoms with Gasteiger partial charge in [-0.25, -0.2) is 0 Å². The van der Waals surface area contributed by atoms with E-state index in [1.54, 1.807) is 0 Å². The summed E-state index contributed by atoms with van der Waals surface area (Å²) in [5, 5.41) is 0. The first-order valence-corrected chi connectivity index (χ1v) is 7.42. The van der Waals surface area contributed by atoms with Crippen LogP contribution in [0.25, 0.3) is 0 Å². The molecule has 2 nitrogen and oxygen atoms in total. The van der Waals surface area contributed by atoms with Gasteiger partial charge >= 0.3 is 0 Å². The van der Waals surface area contributed by atoms with Crippen molar-refractivity contribution < 1.29 is 4.79 Å². The molecule has 0 heterocycles. The molecule has 0 aliphatic heterocycles. The predicted molar refractivity (Wildman–Crippen MR) is 80.1 cm³/mol. The molecule has 0 amide bonds. The van der Waals surface area contributed by atoms with Crippen LogP contribution >= 0.6 is 0 Å². The van der Waals surface area contributed by atoms with Crippen molar-refractivity contribution in [2.75, 3.05) is 5.73 Å². The molecule has 1 aromatic carbocycles. The summed E-state index contributed by atoms with van der Waals surface area (Å²) in [6.45, 7) is 4.09. The van der Waals surface area contributed by atoms with Gasteiger partial charge in [0.15, 0.2) is 0 Å². The highest BCUT2D eigenvalue weighted by atomic mass is 16.1. The Kier molecular flexibility index (Phi) is 4.28. The number of hydrogen-bond acceptors (Lipinski definition) is 2. The summed E-state index contributed by atoms with van der Waals surface area (Å²) >= 11 is 0. The molecule has 104 valence electrons. The van der Waals surface area contributed by atoms with Gasteiger partial charge in [0.1, 0.15) is 5.78 Å². The summed E-state index contributed by atoms with van der Waals surface area (Å²) in [7, 11) is 0. The molecule has 0 unspecified atom stereocenters. The van der Waals surface area contributed by atoms with Crippen LogP contribution in [0.2, 0.25) is 0 Å². The largest absolute Gasteiger partial charge is 0.399 e. The highest BCUT2D eigenvalue weighted by Crippen LogP contribution is 2.33. The van der Waals surface area contributed by atoms with Crippen LogP contribution in [0.5, 0.6) is 0 Å². The highest BCUT2D eigenvalue weighted by Gasteiger charge is 2.34. The van der Waals surface area contributed by atoms with Crippen molar-refractivity contribution in [1.29, 1.82) is 0 Å². The van der Waals surface area contributed by atoms with Gasteiger partial charge in [-0.2, -0.15) is 0 Å². The quantitative estimate of drug-likeness (QED) is 0.656. The van der Waals surface area contributed by atoms with E-state index in [1.165, 1.54) is 25.7 Å². The van der Waals surface area contributed by atoms with E-state index in [9.17, 15) is 4.79 Å². The summed E-state index contributed by atoms with van der Waals surface area (Å²) in [5.74, 6) is 0.647. The Hall–Kier alpha value is -1.31. The number of nitrogen functional groups attached to an aromatic ring is 1. The van der Waals surface area contributed by atoms with E-state index in [4.69, 9.17) is 5.73 Å². The van der Waals surface area contributed by atoms with Gasteiger partial charge in [0.2, 0.25) is 0 Å². The molecule has 2 rings (SSSR count). The molecule has 0 saturated heterocycles. The average molecular weight is 259 g/mol. The Balaban J connectivity index is 2.17. The van der Waals surface area contributed by atoms with Crippen LogP contribution in [0, 0.1) is 5.92 Å². The molecule has 1 aliphatic rings. The molecular weight excluding hydrogens is 234 g/mol. The van der Waals surface area contributed by atoms with Gasteiger partial charge in [0.25, 0.3) is 0 Å². The standard InChI is InChI=1S/C17H25NO/c1-17(2,14-9-11-15(18)12-10-14)16(19)13-7-5-3-4-6-8-13/h9-13H,3-8,18H2,1-2H3. The van der Waals surface area contributed by atoms with Crippen molar-refractivity contribution in [2.45, 2.75) is 57.8 Å². The van der Waals surface area contributed by atoms with Crippen LogP contribution in [0.1, 0.15) is 57.9 Å². The van der Waals surface area contributed by atoms with Crippen LogP contribution < -0.4 is 5.73 Å². The number of anilines is 1. The molecule has 2 heteroatoms. The van der Waals surface area contributed by atoms with Crippen molar-refractivity contribution in [2.24, 2.45) is 5.92 Å². The second-order valence-electron chi connectivity index (χ2n) is 6.30. The van der Waals surface area contributed by atoms with Crippen LogP contribution in [-0.4, -0.2) is 5.78 Å². The van der Waals surface area contributed by atoms with E-state index in [2.05, 4.69) is 0 Å². The Bertz CT molecular complexity index is 425. The van der Waals surface area contributed by atoms with Gasteiger partial charge in [-0.3, -0.25) is 4.79 Å². The van der Waals surface area contributed by atoms with E-state index in [0.717, 1.165) is 24.1 Å². The topological polar surface area (TPSA) is 43.1 Å². The number of carbonyl (C=O) groups is 1. The fraction of sp³-hybridized carbons (Fsp3) is 0.588. The summed E-state index contributed by atoms with van der Waals surface area (Å²) in [6, 6.07) is 7.75. The second kappa shape index (κ2) is 5.77. The average Bonchev–Trinajstić information content (AvgIpc) is 2.67. The van der Waals surface area contributed by atoms with Gasteiger partial charge in [-0.05, 0) is 44.4 Å². The first-order valence-electron chi connectivity index (χ1n) is 7.42. The lowest BCUT2D eigenvalue weighted by atomic mass is 9.74. The number of ketones is 1. The zero-order valence-electron chi connectivity index (χ0n) is 12.1. The summed E-state index contributed by atoms with van der Waals surface area (Å²) in [6.07, 6.45) is 7.11. The maximum Gasteiger partial charge on any atom is 0.145 e. The van der Waals surface area contributed by atoms with Crippen LogP contribution in [-0.2, 0) is 10.2 Å². The molecule has 0 radical (unpaired) electrons. The predicted octanol–water partition coefficient (Wildman–Crippen LogP) is 4.09. The van der Waals surface area contributed by atoms with Gasteiger partial charge < -0.3 is 5.73 Å². The highest BCUT2D eigenvalue weighted by molar-refractivity contribution is 5.91. The smallest absolute Gasteiger partial charge is 0.145 e. The number of carbonyl (C=O) groups excluding carboxylic acids is 1. The van der Waals surface area contributed by atoms with Crippen LogP contribution in [0.15, 0.2) is 24.3 Å². The Morgan fingerprint density at radius 1 is 1.05 bits per heavy atom. The minimum atomic E-state index is -0.400. The van der Waals surface area contributed by atoms with Crippen molar-refractivity contribution in [3.8, 4) is 0 Å². The van der Waals surface area contributed by atoms with Gasteiger partial charge in [0.05, 0.1) is 0 Å². The van der Waals surface area contributed by atoms with E-state index in [1.807, 2.05) is 38.1 Å². The number of hydrogen-bond donors (Lipinski definition) is 1. The van der Waals surface area contributed by atoms with Crippen LogP contribution in [0.3, 0.4) is 0 Å². The van der Waals surface area contributed by atoms with Crippen molar-refractivity contribution in [1.82, 2.24) is 0 Å². The maximum atomic E-state index is 12.8. The maximum absolute atomic E-state index is 12.8. The second-order valence-corrected chi connectivity index (χ2v) is 6.30. The first kappa shape index (κ1) is 14.1. The zero-order valence-corrected chi connectivity index (χ0v) is 12.1. The minimum Gasteiger partial charge on any atom is -0.399 e. The molecule has 0 bridgehead atoms. The lowest BCUT2D eigenvalue weighted by Gasteiger charge is -2.28. The molecule has 1 saturated carbocycles. The number of benzene rings is 1. The molecular formula is C17H25NO. The summed E-state index contributed by atoms with van der Waals surface area (Å²) in [5.41, 5.74) is 7.16. The lowest BCUT2D eigenvalue weighted by molar-refractivity contribution is -0.127. The van der Waals surface area contributed by atoms with Crippen molar-refractivity contribution >= 4 is 11.5 Å². The van der Waals surface area contributed by atoms with Gasteiger partial charge in [-0.15, -0.1) is 0 Å². The normalized spacial score (nSPS) is 18.0. The molecule has 0 atom stereocenters. The third-order valence-corrected chi connectivity index (χ3v) is 4.47. The molecule has 0 aromatic heterocycles. The third-order valence-electron chi connectivity index (χ3n) is 4.47. The zero-order chi connectivity index (χ0) is 13.9. The molecule has 1 aromatic rings. The van der Waals surface area contributed by atoms with E-state index >= 15 is 0 Å². The first-order chi connectivity index (χ1) is 9.01. The van der Waals surface area contributed by atoms with E-state index < -0.39 is 5.41 Å². The lowest BCUT2D eigenvalue weighted by Crippen LogP contribution is -2.34. The number of rotatable bonds is 3. The van der Waals surface area contributed by atoms with Gasteiger partial charge in [0, 0.05) is 17.0 Å². The van der Waals surface area contributed by atoms with Crippen LogP contribution in [0.4, 0.5) is 5.69 Å². The van der Waals surface area contributed by atoms with Crippen molar-refractivity contribution in [3.05, 3.63) is 29.8 Å². The Morgan fingerprint density at radius 2 is 1.58 bits per heavy atom. The Morgan fingerprint density at radius 3 is 2.11 bits per heavy atom. The molecule has 19 heavy (non-hydrogen) atoms. The summed E-state index contributed by atoms with van der Waals surface area (Å²) < 4.78 is 0. The fourth-order valence-corrected chi connectivity index (χ4v) is 3.09. The van der Waals surface area contributed by atoms with E-state index in [0.29, 0.717) is 5.78 Å². The Labute approximate surface area is 116 Å². The third kappa shape index (κ3) is 3.17.